The van der Waals surface area contributed by atoms with Gasteiger partial charge in [-0.05, 0) is 34.0 Å². The van der Waals surface area contributed by atoms with Crippen LogP contribution < -0.4 is 10.6 Å². The molecule has 23 heavy (non-hydrogen) atoms. The minimum atomic E-state index is 0.219. The van der Waals surface area contributed by atoms with Crippen LogP contribution in [0.5, 0.6) is 0 Å². The van der Waals surface area contributed by atoms with E-state index in [1.54, 1.807) is 18.4 Å². The Morgan fingerprint density at radius 2 is 2.30 bits per heavy atom. The van der Waals surface area contributed by atoms with E-state index in [9.17, 15) is 0 Å². The van der Waals surface area contributed by atoms with Crippen LogP contribution in [-0.2, 0) is 11.3 Å². The van der Waals surface area contributed by atoms with Gasteiger partial charge in [0.2, 0.25) is 0 Å². The quantitative estimate of drug-likeness (QED) is 0.566. The molecule has 2 rings (SSSR count). The van der Waals surface area contributed by atoms with Crippen LogP contribution >= 0.6 is 27.3 Å². The molecular weight excluding hydrogens is 376 g/mol. The molecule has 1 aliphatic rings. The number of halogens is 1. The van der Waals surface area contributed by atoms with Gasteiger partial charge in [-0.25, -0.2) is 0 Å². The van der Waals surface area contributed by atoms with E-state index in [2.05, 4.69) is 62.4 Å². The van der Waals surface area contributed by atoms with Crippen LogP contribution in [0, 0.1) is 5.92 Å². The zero-order valence-electron chi connectivity index (χ0n) is 14.1. The van der Waals surface area contributed by atoms with E-state index in [1.807, 2.05) is 0 Å². The predicted octanol–water partition coefficient (Wildman–Crippen LogP) is 2.53. The van der Waals surface area contributed by atoms with E-state index in [-0.39, 0.29) is 6.10 Å². The van der Waals surface area contributed by atoms with Gasteiger partial charge in [-0.15, -0.1) is 11.3 Å². The fourth-order valence-corrected chi connectivity index (χ4v) is 4.06. The van der Waals surface area contributed by atoms with Crippen molar-refractivity contribution in [2.24, 2.45) is 10.9 Å². The molecule has 0 aliphatic carbocycles. The summed E-state index contributed by atoms with van der Waals surface area (Å²) < 4.78 is 7.01. The first kappa shape index (κ1) is 18.7. The molecular formula is C16H27BrN4OS. The second-order valence-corrected chi connectivity index (χ2v) is 8.71. The Kier molecular flexibility index (Phi) is 7.82. The van der Waals surface area contributed by atoms with Crippen molar-refractivity contribution in [2.75, 3.05) is 39.8 Å². The van der Waals surface area contributed by atoms with Crippen molar-refractivity contribution in [3.05, 3.63) is 20.8 Å². The normalized spacial score (nSPS) is 20.0. The molecule has 0 aromatic carbocycles. The molecule has 1 saturated heterocycles. The molecule has 1 fully saturated rings. The molecule has 7 heteroatoms. The van der Waals surface area contributed by atoms with E-state index in [4.69, 9.17) is 4.74 Å². The summed E-state index contributed by atoms with van der Waals surface area (Å²) in [7, 11) is 1.80. The predicted molar refractivity (Wildman–Crippen MR) is 101 cm³/mol. The van der Waals surface area contributed by atoms with Gasteiger partial charge in [-0.3, -0.25) is 9.89 Å². The number of guanidine groups is 1. The highest BCUT2D eigenvalue weighted by molar-refractivity contribution is 9.11. The van der Waals surface area contributed by atoms with E-state index < -0.39 is 0 Å². The van der Waals surface area contributed by atoms with E-state index >= 15 is 0 Å². The van der Waals surface area contributed by atoms with Crippen LogP contribution in [0.15, 0.2) is 20.9 Å². The molecule has 2 N–H and O–H groups in total. The Balaban J connectivity index is 1.72. The molecule has 0 spiro atoms. The van der Waals surface area contributed by atoms with Crippen molar-refractivity contribution in [3.63, 3.8) is 0 Å². The van der Waals surface area contributed by atoms with Crippen LogP contribution in [0.2, 0.25) is 0 Å². The first-order valence-corrected chi connectivity index (χ1v) is 9.70. The first-order chi connectivity index (χ1) is 11.1. The van der Waals surface area contributed by atoms with Crippen LogP contribution in [0.1, 0.15) is 18.7 Å². The summed E-state index contributed by atoms with van der Waals surface area (Å²) >= 11 is 5.22. The third kappa shape index (κ3) is 6.79. The van der Waals surface area contributed by atoms with Crippen molar-refractivity contribution in [3.8, 4) is 0 Å². The van der Waals surface area contributed by atoms with Gasteiger partial charge in [0.1, 0.15) is 0 Å². The van der Waals surface area contributed by atoms with Crippen LogP contribution in [-0.4, -0.2) is 56.8 Å². The third-order valence-corrected chi connectivity index (χ3v) is 5.25. The highest BCUT2D eigenvalue weighted by atomic mass is 79.9. The molecule has 1 unspecified atom stereocenters. The number of hydrogen-bond donors (Lipinski definition) is 2. The molecule has 0 radical (unpaired) electrons. The lowest BCUT2D eigenvalue weighted by atomic mass is 10.2. The number of nitrogens with zero attached hydrogens (tertiary/aromatic N) is 2. The Labute approximate surface area is 151 Å². The Hall–Kier alpha value is -0.630. The molecule has 2 heterocycles. The monoisotopic (exact) mass is 402 g/mol. The maximum absolute atomic E-state index is 5.86. The van der Waals surface area contributed by atoms with E-state index in [1.165, 1.54) is 4.88 Å². The summed E-state index contributed by atoms with van der Waals surface area (Å²) in [6.45, 7) is 10.1. The number of thiophene rings is 1. The summed E-state index contributed by atoms with van der Waals surface area (Å²) in [6.07, 6.45) is 0.219. The Morgan fingerprint density at radius 3 is 2.96 bits per heavy atom. The summed E-state index contributed by atoms with van der Waals surface area (Å²) in [5.74, 6) is 1.51. The lowest BCUT2D eigenvalue weighted by Gasteiger charge is -2.34. The van der Waals surface area contributed by atoms with Crippen molar-refractivity contribution < 1.29 is 4.74 Å². The summed E-state index contributed by atoms with van der Waals surface area (Å²) in [6, 6.07) is 4.18. The van der Waals surface area contributed by atoms with Crippen LogP contribution in [0.3, 0.4) is 0 Å². The van der Waals surface area contributed by atoms with Gasteiger partial charge in [-0.2, -0.15) is 0 Å². The summed E-state index contributed by atoms with van der Waals surface area (Å²) in [5, 5.41) is 6.71. The standard InChI is InChI=1S/C16H27BrN4OS/c1-12(2)10-21-6-7-22-13(11-21)8-19-16(18-3)20-9-14-4-5-15(17)23-14/h4-5,12-13H,6-11H2,1-3H3,(H2,18,19,20). The average molecular weight is 403 g/mol. The highest BCUT2D eigenvalue weighted by Gasteiger charge is 2.21. The molecule has 1 aromatic rings. The van der Waals surface area contributed by atoms with Gasteiger partial charge in [0.15, 0.2) is 5.96 Å². The number of ether oxygens (including phenoxy) is 1. The van der Waals surface area contributed by atoms with Gasteiger partial charge in [-0.1, -0.05) is 13.8 Å². The topological polar surface area (TPSA) is 48.9 Å². The zero-order valence-corrected chi connectivity index (χ0v) is 16.5. The van der Waals surface area contributed by atoms with Crippen LogP contribution in [0.4, 0.5) is 0 Å². The fourth-order valence-electron chi connectivity index (χ4n) is 2.63. The number of rotatable bonds is 6. The van der Waals surface area contributed by atoms with Crippen molar-refractivity contribution in [2.45, 2.75) is 26.5 Å². The molecule has 1 aliphatic heterocycles. The van der Waals surface area contributed by atoms with Crippen molar-refractivity contribution >= 4 is 33.2 Å². The molecule has 0 bridgehead atoms. The summed E-state index contributed by atoms with van der Waals surface area (Å²) in [4.78, 5) is 8.04. The van der Waals surface area contributed by atoms with Crippen LogP contribution in [0.25, 0.3) is 0 Å². The molecule has 1 aromatic heterocycles. The minimum Gasteiger partial charge on any atom is -0.374 e. The second kappa shape index (κ2) is 9.61. The zero-order chi connectivity index (χ0) is 16.7. The van der Waals surface area contributed by atoms with Gasteiger partial charge >= 0.3 is 0 Å². The first-order valence-electron chi connectivity index (χ1n) is 8.09. The number of hydrogen-bond acceptors (Lipinski definition) is 4. The van der Waals surface area contributed by atoms with E-state index in [0.717, 1.165) is 49.1 Å². The van der Waals surface area contributed by atoms with E-state index in [0.29, 0.717) is 5.92 Å². The average Bonchev–Trinajstić information content (AvgIpc) is 2.93. The highest BCUT2D eigenvalue weighted by Crippen LogP contribution is 2.21. The molecule has 130 valence electrons. The molecule has 0 amide bonds. The maximum atomic E-state index is 5.86. The minimum absolute atomic E-state index is 0.219. The molecule has 5 nitrogen and oxygen atoms in total. The SMILES string of the molecule is CN=C(NCc1ccc(Br)s1)NCC1CN(CC(C)C)CCO1. The maximum Gasteiger partial charge on any atom is 0.191 e. The van der Waals surface area contributed by atoms with Crippen molar-refractivity contribution in [1.82, 2.24) is 15.5 Å². The van der Waals surface area contributed by atoms with Gasteiger partial charge in [0, 0.05) is 38.1 Å². The van der Waals surface area contributed by atoms with Gasteiger partial charge < -0.3 is 15.4 Å². The summed E-state index contributed by atoms with van der Waals surface area (Å²) in [5.41, 5.74) is 0. The molecule has 1 atom stereocenters. The lowest BCUT2D eigenvalue weighted by Crippen LogP contribution is -2.50. The number of morpholine rings is 1. The van der Waals surface area contributed by atoms with Gasteiger partial charge in [0.05, 0.1) is 23.0 Å². The molecule has 0 saturated carbocycles. The Bertz CT molecular complexity index is 506. The van der Waals surface area contributed by atoms with Crippen molar-refractivity contribution in [1.29, 1.82) is 0 Å². The smallest absolute Gasteiger partial charge is 0.191 e. The van der Waals surface area contributed by atoms with Gasteiger partial charge in [0.25, 0.3) is 0 Å². The third-order valence-electron chi connectivity index (χ3n) is 3.63. The second-order valence-electron chi connectivity index (χ2n) is 6.16. The lowest BCUT2D eigenvalue weighted by molar-refractivity contribution is -0.0284. The number of aliphatic imine (C=N–C) groups is 1. The largest absolute Gasteiger partial charge is 0.374 e. The fraction of sp³-hybridized carbons (Fsp3) is 0.688. The Morgan fingerprint density at radius 1 is 1.48 bits per heavy atom. The number of nitrogens with one attached hydrogen (secondary N) is 2.